The zero-order valence-corrected chi connectivity index (χ0v) is 21.7. The van der Waals surface area contributed by atoms with E-state index >= 15 is 0 Å². The summed E-state index contributed by atoms with van der Waals surface area (Å²) in [5.74, 6) is -0.0438. The van der Waals surface area contributed by atoms with E-state index in [1.165, 1.54) is 0 Å². The number of nitriles is 1. The van der Waals surface area contributed by atoms with Crippen LogP contribution in [0, 0.1) is 17.2 Å². The number of anilines is 1. The quantitative estimate of drug-likeness (QED) is 0.421. The lowest BCUT2D eigenvalue weighted by atomic mass is 9.85. The Kier molecular flexibility index (Phi) is 6.95. The van der Waals surface area contributed by atoms with Crippen molar-refractivity contribution in [1.82, 2.24) is 5.32 Å². The number of rotatable bonds is 7. The summed E-state index contributed by atoms with van der Waals surface area (Å²) in [6.45, 7) is 0.00494. The summed E-state index contributed by atoms with van der Waals surface area (Å²) in [6.07, 6.45) is 0.787. The molecule has 41 heavy (non-hydrogen) atoms. The van der Waals surface area contributed by atoms with Gasteiger partial charge >= 0.3 is 12.0 Å². The van der Waals surface area contributed by atoms with Gasteiger partial charge in [0.15, 0.2) is 18.1 Å². The van der Waals surface area contributed by atoms with Crippen LogP contribution in [0.2, 0.25) is 0 Å². The van der Waals surface area contributed by atoms with Crippen LogP contribution in [-0.4, -0.2) is 37.0 Å². The largest absolute Gasteiger partial charge is 0.482 e. The molecule has 6 rings (SSSR count). The summed E-state index contributed by atoms with van der Waals surface area (Å²) < 4.78 is 22.0. The second-order valence-corrected chi connectivity index (χ2v) is 9.71. The molecule has 3 amide bonds. The number of hydrogen-bond acceptors (Lipinski definition) is 8. The molecular formula is C30H24N4O7. The Bertz CT molecular complexity index is 1630. The van der Waals surface area contributed by atoms with E-state index in [9.17, 15) is 19.6 Å². The Morgan fingerprint density at radius 1 is 0.976 bits per heavy atom. The first-order chi connectivity index (χ1) is 20.0. The van der Waals surface area contributed by atoms with E-state index in [0.717, 1.165) is 5.56 Å². The highest BCUT2D eigenvalue weighted by Gasteiger charge is 2.40. The van der Waals surface area contributed by atoms with E-state index in [4.69, 9.17) is 18.9 Å². The predicted octanol–water partition coefficient (Wildman–Crippen LogP) is 3.82. The monoisotopic (exact) mass is 552 g/mol. The van der Waals surface area contributed by atoms with Gasteiger partial charge in [-0.15, -0.1) is 0 Å². The number of aryl methyl sites for hydroxylation is 1. The highest BCUT2D eigenvalue weighted by atomic mass is 16.7. The molecule has 2 N–H and O–H groups in total. The first-order valence-electron chi connectivity index (χ1n) is 13.0. The van der Waals surface area contributed by atoms with E-state index in [-0.39, 0.29) is 25.9 Å². The van der Waals surface area contributed by atoms with Gasteiger partial charge in [0.2, 0.25) is 6.79 Å². The summed E-state index contributed by atoms with van der Waals surface area (Å²) in [4.78, 5) is 42.6. The lowest BCUT2D eigenvalue weighted by Crippen LogP contribution is -2.45. The molecule has 0 saturated carbocycles. The maximum Gasteiger partial charge on any atom is 0.341 e. The van der Waals surface area contributed by atoms with Crippen molar-refractivity contribution in [2.75, 3.05) is 18.7 Å². The maximum atomic E-state index is 13.7. The molecule has 11 nitrogen and oxygen atoms in total. The van der Waals surface area contributed by atoms with Crippen molar-refractivity contribution in [3.8, 4) is 23.3 Å². The van der Waals surface area contributed by atoms with Crippen molar-refractivity contribution in [2.24, 2.45) is 10.9 Å². The number of nitrogens with one attached hydrogen (secondary N) is 2. The Morgan fingerprint density at radius 2 is 1.83 bits per heavy atom. The molecule has 0 bridgehead atoms. The summed E-state index contributed by atoms with van der Waals surface area (Å²) in [5, 5.41) is 14.8. The predicted molar refractivity (Wildman–Crippen MR) is 145 cm³/mol. The second kappa shape index (κ2) is 11.0. The minimum atomic E-state index is -0.945. The number of fused-ring (bicyclic) bond motifs is 2. The number of hydrogen-bond donors (Lipinski definition) is 2. The summed E-state index contributed by atoms with van der Waals surface area (Å²) in [7, 11) is 0. The number of esters is 1. The molecule has 0 spiro atoms. The number of carbonyl (C=O) groups is 3. The summed E-state index contributed by atoms with van der Waals surface area (Å²) in [6, 6.07) is 18.1. The number of amides is 3. The molecule has 0 aromatic heterocycles. The van der Waals surface area contributed by atoms with Gasteiger partial charge in [-0.1, -0.05) is 24.3 Å². The normalized spacial score (nSPS) is 18.7. The SMILES string of the molecule is N#Cc1cccc(COC(=O)C2C(CCc3ccc4c(c3)OCO4)=NC(=O)NC2c2ccc3c(c2)NC(=O)CO3)c1. The third kappa shape index (κ3) is 5.53. The van der Waals surface area contributed by atoms with Crippen molar-refractivity contribution in [1.29, 1.82) is 5.26 Å². The highest BCUT2D eigenvalue weighted by Crippen LogP contribution is 2.36. The standard InChI is InChI=1S/C30H24N4O7/c31-13-18-2-1-3-19(10-18)14-39-29(36)27-21(7-4-17-5-8-24-25(11-17)41-16-40-24)33-30(37)34-28(27)20-6-9-23-22(12-20)32-26(35)15-38-23/h1-3,5-6,8-12,27-28H,4,7,14-16H2,(H,32,35)(H,34,37). The molecule has 206 valence electrons. The fourth-order valence-corrected chi connectivity index (χ4v) is 5.04. The van der Waals surface area contributed by atoms with Gasteiger partial charge in [0.25, 0.3) is 5.91 Å². The van der Waals surface area contributed by atoms with Crippen LogP contribution in [-0.2, 0) is 27.4 Å². The van der Waals surface area contributed by atoms with Crippen LogP contribution >= 0.6 is 0 Å². The minimum absolute atomic E-state index is 0.0605. The van der Waals surface area contributed by atoms with Crippen LogP contribution in [0.15, 0.2) is 65.7 Å². The van der Waals surface area contributed by atoms with Gasteiger partial charge in [-0.3, -0.25) is 9.59 Å². The molecule has 2 unspecified atom stereocenters. The summed E-state index contributed by atoms with van der Waals surface area (Å²) >= 11 is 0. The van der Waals surface area contributed by atoms with Crippen molar-refractivity contribution >= 4 is 29.3 Å². The molecule has 0 radical (unpaired) electrons. The molecule has 3 aromatic rings. The van der Waals surface area contributed by atoms with Crippen LogP contribution in [0.25, 0.3) is 0 Å². The van der Waals surface area contributed by atoms with E-state index in [1.54, 1.807) is 42.5 Å². The first-order valence-corrected chi connectivity index (χ1v) is 13.0. The van der Waals surface area contributed by atoms with Crippen LogP contribution in [0.3, 0.4) is 0 Å². The van der Waals surface area contributed by atoms with Gasteiger partial charge < -0.3 is 29.6 Å². The molecule has 0 fully saturated rings. The highest BCUT2D eigenvalue weighted by molar-refractivity contribution is 6.09. The Morgan fingerprint density at radius 3 is 2.71 bits per heavy atom. The number of nitrogens with zero attached hydrogens (tertiary/aromatic N) is 2. The van der Waals surface area contributed by atoms with Gasteiger partial charge in [-0.05, 0) is 65.9 Å². The van der Waals surface area contributed by atoms with Crippen LogP contribution in [0.5, 0.6) is 17.2 Å². The smallest absolute Gasteiger partial charge is 0.341 e. The maximum absolute atomic E-state index is 13.7. The molecule has 3 aliphatic heterocycles. The van der Waals surface area contributed by atoms with Gasteiger partial charge in [0, 0.05) is 5.71 Å². The van der Waals surface area contributed by atoms with E-state index in [0.29, 0.717) is 58.2 Å². The number of benzene rings is 3. The van der Waals surface area contributed by atoms with E-state index < -0.39 is 24.0 Å². The Hall–Kier alpha value is -5.37. The number of aliphatic imine (C=N–C) groups is 1. The second-order valence-electron chi connectivity index (χ2n) is 9.71. The van der Waals surface area contributed by atoms with Crippen molar-refractivity contribution in [3.63, 3.8) is 0 Å². The topological polar surface area (TPSA) is 148 Å². The molecule has 0 saturated heterocycles. The van der Waals surface area contributed by atoms with Gasteiger partial charge in [-0.25, -0.2) is 9.79 Å². The average Bonchev–Trinajstić information content (AvgIpc) is 3.46. The van der Waals surface area contributed by atoms with Gasteiger partial charge in [0.05, 0.1) is 23.4 Å². The Balaban J connectivity index is 1.29. The van der Waals surface area contributed by atoms with Gasteiger partial charge in [0.1, 0.15) is 18.3 Å². The third-order valence-corrected chi connectivity index (χ3v) is 7.01. The molecular weight excluding hydrogens is 528 g/mol. The van der Waals surface area contributed by atoms with Crippen LogP contribution in [0.4, 0.5) is 10.5 Å². The first kappa shape index (κ1) is 25.9. The van der Waals surface area contributed by atoms with E-state index in [1.807, 2.05) is 18.2 Å². The van der Waals surface area contributed by atoms with Crippen molar-refractivity contribution in [2.45, 2.75) is 25.5 Å². The van der Waals surface area contributed by atoms with Crippen molar-refractivity contribution in [3.05, 3.63) is 82.9 Å². The molecule has 3 heterocycles. The lowest BCUT2D eigenvalue weighted by molar-refractivity contribution is -0.148. The van der Waals surface area contributed by atoms with E-state index in [2.05, 4.69) is 21.7 Å². The molecule has 2 atom stereocenters. The van der Waals surface area contributed by atoms with Crippen LogP contribution in [0.1, 0.15) is 34.7 Å². The third-order valence-electron chi connectivity index (χ3n) is 7.01. The number of carbonyl (C=O) groups excluding carboxylic acids is 3. The average molecular weight is 553 g/mol. The zero-order valence-electron chi connectivity index (χ0n) is 21.7. The molecule has 0 aliphatic carbocycles. The molecule has 11 heteroatoms. The minimum Gasteiger partial charge on any atom is -0.482 e. The zero-order chi connectivity index (χ0) is 28.3. The number of urea groups is 1. The van der Waals surface area contributed by atoms with Gasteiger partial charge in [-0.2, -0.15) is 5.26 Å². The summed E-state index contributed by atoms with van der Waals surface area (Å²) in [5.41, 5.74) is 3.41. The lowest BCUT2D eigenvalue weighted by Gasteiger charge is -2.32. The fourth-order valence-electron chi connectivity index (χ4n) is 5.04. The number of ether oxygens (including phenoxy) is 4. The van der Waals surface area contributed by atoms with Crippen molar-refractivity contribution < 1.29 is 33.3 Å². The Labute approximate surface area is 234 Å². The van der Waals surface area contributed by atoms with Crippen LogP contribution < -0.4 is 24.8 Å². The fraction of sp³-hybridized carbons (Fsp3) is 0.233. The molecule has 3 aliphatic rings. The molecule has 3 aromatic carbocycles.